The predicted molar refractivity (Wildman–Crippen MR) is 122 cm³/mol. The zero-order chi connectivity index (χ0) is 20.6. The number of para-hydroxylation sites is 2. The van der Waals surface area contributed by atoms with E-state index in [1.54, 1.807) is 0 Å². The van der Waals surface area contributed by atoms with E-state index in [1.165, 1.54) is 5.69 Å². The second kappa shape index (κ2) is 10.1. The molecule has 1 heterocycles. The van der Waals surface area contributed by atoms with Crippen LogP contribution in [0.15, 0.2) is 60.6 Å². The van der Waals surface area contributed by atoms with Crippen LogP contribution in [0.25, 0.3) is 0 Å². The van der Waals surface area contributed by atoms with Gasteiger partial charge in [0.25, 0.3) is 0 Å². The number of hydrogen-bond acceptors (Lipinski definition) is 6. The number of nitrogens with one attached hydrogen (secondary N) is 3. The van der Waals surface area contributed by atoms with Crippen LogP contribution in [0.2, 0.25) is 0 Å². The maximum absolute atomic E-state index is 9.36. The van der Waals surface area contributed by atoms with Crippen molar-refractivity contribution in [2.45, 2.75) is 25.5 Å². The van der Waals surface area contributed by atoms with Crippen LogP contribution in [0.3, 0.4) is 0 Å². The molecule has 0 bridgehead atoms. The lowest BCUT2D eigenvalue weighted by molar-refractivity contribution is 0.282. The van der Waals surface area contributed by atoms with E-state index in [4.69, 9.17) is 0 Å². The number of rotatable bonds is 8. The molecule has 3 rings (SSSR count). The van der Waals surface area contributed by atoms with Crippen LogP contribution in [0.4, 0.5) is 17.1 Å². The van der Waals surface area contributed by atoms with Crippen LogP contribution in [0.5, 0.6) is 0 Å². The fourth-order valence-corrected chi connectivity index (χ4v) is 3.80. The molecule has 6 nitrogen and oxygen atoms in total. The van der Waals surface area contributed by atoms with Gasteiger partial charge in [-0.3, -0.25) is 0 Å². The van der Waals surface area contributed by atoms with Crippen LogP contribution in [0.1, 0.15) is 18.4 Å². The minimum atomic E-state index is 0.0909. The van der Waals surface area contributed by atoms with Crippen molar-refractivity contribution in [3.63, 3.8) is 0 Å². The lowest BCUT2D eigenvalue weighted by Gasteiger charge is -2.34. The fourth-order valence-electron chi connectivity index (χ4n) is 3.80. The highest BCUT2D eigenvalue weighted by molar-refractivity contribution is 5.71. The molecule has 4 N–H and O–H groups in total. The van der Waals surface area contributed by atoms with E-state index in [9.17, 15) is 5.11 Å². The fraction of sp³-hybridized carbons (Fsp3) is 0.391. The minimum Gasteiger partial charge on any atom is -0.392 e. The first kappa shape index (κ1) is 20.9. The number of hydrogen-bond donors (Lipinski definition) is 4. The molecule has 0 saturated carbocycles. The highest BCUT2D eigenvalue weighted by Crippen LogP contribution is 2.26. The van der Waals surface area contributed by atoms with Gasteiger partial charge < -0.3 is 30.9 Å². The Morgan fingerprint density at radius 2 is 1.90 bits per heavy atom. The average Bonchev–Trinajstić information content (AvgIpc) is 2.79. The van der Waals surface area contributed by atoms with Crippen LogP contribution in [-0.2, 0) is 6.61 Å². The Morgan fingerprint density at radius 3 is 2.59 bits per heavy atom. The molecule has 156 valence electrons. The Morgan fingerprint density at radius 1 is 1.14 bits per heavy atom. The summed E-state index contributed by atoms with van der Waals surface area (Å²) in [4.78, 5) is 4.55. The van der Waals surface area contributed by atoms with E-state index >= 15 is 0 Å². The van der Waals surface area contributed by atoms with Gasteiger partial charge in [0.15, 0.2) is 0 Å². The van der Waals surface area contributed by atoms with Gasteiger partial charge in [-0.15, -0.1) is 0 Å². The molecule has 1 aliphatic rings. The summed E-state index contributed by atoms with van der Waals surface area (Å²) in [6.07, 6.45) is 4.24. The molecule has 1 aliphatic heterocycles. The van der Waals surface area contributed by atoms with E-state index in [1.807, 2.05) is 32.3 Å². The third-order valence-electron chi connectivity index (χ3n) is 5.56. The molecule has 1 saturated heterocycles. The van der Waals surface area contributed by atoms with Crippen molar-refractivity contribution in [3.8, 4) is 0 Å². The van der Waals surface area contributed by atoms with Crippen LogP contribution in [-0.4, -0.2) is 45.4 Å². The van der Waals surface area contributed by atoms with Crippen molar-refractivity contribution < 1.29 is 5.11 Å². The van der Waals surface area contributed by atoms with Crippen molar-refractivity contribution in [2.24, 2.45) is 0 Å². The largest absolute Gasteiger partial charge is 0.392 e. The highest BCUT2D eigenvalue weighted by Gasteiger charge is 2.19. The van der Waals surface area contributed by atoms with Gasteiger partial charge >= 0.3 is 0 Å². The van der Waals surface area contributed by atoms with Gasteiger partial charge in [0, 0.05) is 52.2 Å². The molecule has 0 aromatic heterocycles. The van der Waals surface area contributed by atoms with Crippen molar-refractivity contribution >= 4 is 17.1 Å². The Labute approximate surface area is 174 Å². The maximum Gasteiger partial charge on any atom is 0.122 e. The van der Waals surface area contributed by atoms with E-state index in [0.29, 0.717) is 6.04 Å². The lowest BCUT2D eigenvalue weighted by atomic mass is 10.0. The summed E-state index contributed by atoms with van der Waals surface area (Å²) in [7, 11) is 5.96. The summed E-state index contributed by atoms with van der Waals surface area (Å²) in [6.45, 7) is 2.11. The molecular formula is C23H33N5O. The monoisotopic (exact) mass is 395 g/mol. The second-order valence-corrected chi connectivity index (χ2v) is 7.36. The SMILES string of the molecule is CN/C(=C\NC1CCN(c2cccc(CO)c2)CC1)N(C)c1ccccc1NC. The topological polar surface area (TPSA) is 62.8 Å². The third-order valence-corrected chi connectivity index (χ3v) is 5.56. The second-order valence-electron chi connectivity index (χ2n) is 7.36. The maximum atomic E-state index is 9.36. The highest BCUT2D eigenvalue weighted by atomic mass is 16.3. The smallest absolute Gasteiger partial charge is 0.122 e. The minimum absolute atomic E-state index is 0.0909. The van der Waals surface area contributed by atoms with Crippen LogP contribution >= 0.6 is 0 Å². The van der Waals surface area contributed by atoms with Gasteiger partial charge in [0.2, 0.25) is 0 Å². The summed E-state index contributed by atoms with van der Waals surface area (Å²) in [5.41, 5.74) is 4.38. The number of piperidine rings is 1. The molecule has 0 amide bonds. The number of nitrogens with zero attached hydrogens (tertiary/aromatic N) is 2. The Balaban J connectivity index is 1.59. The molecule has 1 fully saturated rings. The molecule has 0 atom stereocenters. The lowest BCUT2D eigenvalue weighted by Crippen LogP contribution is -2.41. The first-order valence-electron chi connectivity index (χ1n) is 10.3. The summed E-state index contributed by atoms with van der Waals surface area (Å²) in [5.74, 6) is 1.02. The van der Waals surface area contributed by atoms with Crippen molar-refractivity contribution in [1.82, 2.24) is 10.6 Å². The molecule has 29 heavy (non-hydrogen) atoms. The van der Waals surface area contributed by atoms with E-state index in [0.717, 1.165) is 48.7 Å². The number of aliphatic hydroxyl groups excluding tert-OH is 1. The average molecular weight is 396 g/mol. The van der Waals surface area contributed by atoms with Gasteiger partial charge in [-0.25, -0.2) is 0 Å². The van der Waals surface area contributed by atoms with Gasteiger partial charge in [-0.2, -0.15) is 0 Å². The molecule has 2 aromatic rings. The molecule has 0 unspecified atom stereocenters. The summed E-state index contributed by atoms with van der Waals surface area (Å²) in [6, 6.07) is 16.9. The normalized spacial score (nSPS) is 15.2. The van der Waals surface area contributed by atoms with Gasteiger partial charge in [-0.1, -0.05) is 24.3 Å². The third kappa shape index (κ3) is 5.15. The Kier molecular flexibility index (Phi) is 7.25. The van der Waals surface area contributed by atoms with Gasteiger partial charge in [-0.05, 0) is 42.7 Å². The van der Waals surface area contributed by atoms with E-state index in [-0.39, 0.29) is 6.61 Å². The van der Waals surface area contributed by atoms with Crippen molar-refractivity contribution in [3.05, 3.63) is 66.1 Å². The van der Waals surface area contributed by atoms with Crippen LogP contribution < -0.4 is 25.8 Å². The molecule has 2 aromatic carbocycles. The molecule has 6 heteroatoms. The summed E-state index contributed by atoms with van der Waals surface area (Å²) in [5, 5.41) is 19.5. The summed E-state index contributed by atoms with van der Waals surface area (Å²) < 4.78 is 0. The number of benzene rings is 2. The van der Waals surface area contributed by atoms with E-state index in [2.05, 4.69) is 69.3 Å². The standard InChI is InChI=1S/C23H33N5O/c1-24-21-9-4-5-10-22(21)27(3)23(25-2)16-26-19-11-13-28(14-12-19)20-8-6-7-18(15-20)17-29/h4-10,15-16,19,24-26,29H,11-14,17H2,1-3H3/b23-16+. The molecule has 0 radical (unpaired) electrons. The number of aliphatic hydroxyl groups is 1. The van der Waals surface area contributed by atoms with Crippen molar-refractivity contribution in [1.29, 1.82) is 0 Å². The van der Waals surface area contributed by atoms with Crippen LogP contribution in [0, 0.1) is 0 Å². The first-order valence-corrected chi connectivity index (χ1v) is 10.3. The first-order chi connectivity index (χ1) is 14.2. The molecular weight excluding hydrogens is 362 g/mol. The zero-order valence-electron chi connectivity index (χ0n) is 17.7. The van der Waals surface area contributed by atoms with E-state index < -0.39 is 0 Å². The predicted octanol–water partition coefficient (Wildman–Crippen LogP) is 2.93. The van der Waals surface area contributed by atoms with Gasteiger partial charge in [0.05, 0.1) is 18.0 Å². The Bertz CT molecular complexity index is 814. The quantitative estimate of drug-likeness (QED) is 0.551. The number of anilines is 3. The van der Waals surface area contributed by atoms with Gasteiger partial charge in [0.1, 0.15) is 5.82 Å². The zero-order valence-corrected chi connectivity index (χ0v) is 17.7. The molecule has 0 spiro atoms. The van der Waals surface area contributed by atoms with Crippen molar-refractivity contribution in [2.75, 3.05) is 49.3 Å². The summed E-state index contributed by atoms with van der Waals surface area (Å²) >= 11 is 0. The Hall–Kier alpha value is -2.86. The molecule has 0 aliphatic carbocycles.